The van der Waals surface area contributed by atoms with Gasteiger partial charge in [0.15, 0.2) is 0 Å². The van der Waals surface area contributed by atoms with Gasteiger partial charge in [-0.3, -0.25) is 4.79 Å². The van der Waals surface area contributed by atoms with Crippen molar-refractivity contribution in [1.29, 1.82) is 0 Å². The molecule has 2 aromatic rings. The highest BCUT2D eigenvalue weighted by molar-refractivity contribution is 6.30. The van der Waals surface area contributed by atoms with E-state index in [0.29, 0.717) is 11.4 Å². The molecule has 3 heteroatoms. The number of aliphatic carboxylic acids is 1. The van der Waals surface area contributed by atoms with Crippen molar-refractivity contribution in [3.05, 3.63) is 69.7 Å². The Morgan fingerprint density at radius 1 is 1.15 bits per heavy atom. The van der Waals surface area contributed by atoms with E-state index < -0.39 is 11.9 Å². The summed E-state index contributed by atoms with van der Waals surface area (Å²) in [5.41, 5.74) is 4.07. The number of carboxylic acids is 1. The Bertz CT molecular complexity index is 614. The van der Waals surface area contributed by atoms with Gasteiger partial charge in [0.2, 0.25) is 0 Å². The van der Waals surface area contributed by atoms with Gasteiger partial charge in [-0.05, 0) is 43.5 Å². The Hall–Kier alpha value is -1.80. The Kier molecular flexibility index (Phi) is 4.46. The van der Waals surface area contributed by atoms with Gasteiger partial charge in [0.1, 0.15) is 0 Å². The Labute approximate surface area is 124 Å². The zero-order valence-corrected chi connectivity index (χ0v) is 12.3. The highest BCUT2D eigenvalue weighted by Crippen LogP contribution is 2.25. The number of aryl methyl sites for hydroxylation is 2. The van der Waals surface area contributed by atoms with Crippen LogP contribution in [0.1, 0.15) is 28.2 Å². The van der Waals surface area contributed by atoms with Gasteiger partial charge in [0, 0.05) is 5.02 Å². The fraction of sp³-hybridized carbons (Fsp3) is 0.235. The summed E-state index contributed by atoms with van der Waals surface area (Å²) in [4.78, 5) is 11.5. The summed E-state index contributed by atoms with van der Waals surface area (Å²) in [6.45, 7) is 4.04. The largest absolute Gasteiger partial charge is 0.481 e. The Morgan fingerprint density at radius 2 is 1.80 bits per heavy atom. The second-order valence-corrected chi connectivity index (χ2v) is 5.58. The molecule has 0 amide bonds. The highest BCUT2D eigenvalue weighted by Gasteiger charge is 2.20. The maximum absolute atomic E-state index is 11.5. The number of carbonyl (C=O) groups is 1. The molecule has 1 N–H and O–H groups in total. The Morgan fingerprint density at radius 3 is 2.35 bits per heavy atom. The third kappa shape index (κ3) is 3.61. The van der Waals surface area contributed by atoms with E-state index >= 15 is 0 Å². The molecule has 104 valence electrons. The van der Waals surface area contributed by atoms with Gasteiger partial charge in [-0.2, -0.15) is 0 Å². The van der Waals surface area contributed by atoms with Gasteiger partial charge in [-0.1, -0.05) is 53.1 Å². The molecule has 0 aliphatic heterocycles. The highest BCUT2D eigenvalue weighted by atomic mass is 35.5. The lowest BCUT2D eigenvalue weighted by Gasteiger charge is -2.14. The van der Waals surface area contributed by atoms with Crippen molar-refractivity contribution >= 4 is 17.6 Å². The van der Waals surface area contributed by atoms with Gasteiger partial charge in [-0.25, -0.2) is 0 Å². The van der Waals surface area contributed by atoms with Gasteiger partial charge in [-0.15, -0.1) is 0 Å². The van der Waals surface area contributed by atoms with E-state index in [1.165, 1.54) is 0 Å². The average molecular weight is 289 g/mol. The number of hydrogen-bond acceptors (Lipinski definition) is 1. The summed E-state index contributed by atoms with van der Waals surface area (Å²) in [5, 5.41) is 10.0. The molecule has 0 saturated carbocycles. The second-order valence-electron chi connectivity index (χ2n) is 5.15. The minimum atomic E-state index is -0.827. The van der Waals surface area contributed by atoms with Gasteiger partial charge in [0.25, 0.3) is 0 Å². The van der Waals surface area contributed by atoms with Crippen LogP contribution in [0.4, 0.5) is 0 Å². The molecule has 0 aliphatic rings. The molecule has 0 radical (unpaired) electrons. The standard InChI is InChI=1S/C17H17ClO2/c1-11-6-12(2)8-13(7-11)9-16(17(19)20)14-4-3-5-15(18)10-14/h3-8,10,16H,9H2,1-2H3,(H,19,20). The number of carboxylic acid groups (broad SMARTS) is 1. The van der Waals surface area contributed by atoms with Crippen LogP contribution in [-0.2, 0) is 11.2 Å². The number of benzene rings is 2. The zero-order valence-electron chi connectivity index (χ0n) is 11.6. The summed E-state index contributed by atoms with van der Waals surface area (Å²) < 4.78 is 0. The molecule has 2 aromatic carbocycles. The van der Waals surface area contributed by atoms with Crippen molar-refractivity contribution in [1.82, 2.24) is 0 Å². The monoisotopic (exact) mass is 288 g/mol. The van der Waals surface area contributed by atoms with Crippen LogP contribution in [0, 0.1) is 13.8 Å². The van der Waals surface area contributed by atoms with Crippen molar-refractivity contribution in [2.24, 2.45) is 0 Å². The fourth-order valence-electron chi connectivity index (χ4n) is 2.49. The van der Waals surface area contributed by atoms with Crippen LogP contribution in [0.25, 0.3) is 0 Å². The number of rotatable bonds is 4. The topological polar surface area (TPSA) is 37.3 Å². The molecule has 0 heterocycles. The maximum atomic E-state index is 11.5. The van der Waals surface area contributed by atoms with Crippen LogP contribution in [0.2, 0.25) is 5.02 Å². The molecule has 2 rings (SSSR count). The quantitative estimate of drug-likeness (QED) is 0.907. The minimum Gasteiger partial charge on any atom is -0.481 e. The van der Waals surface area contributed by atoms with Crippen molar-refractivity contribution in [2.75, 3.05) is 0 Å². The molecule has 20 heavy (non-hydrogen) atoms. The molecule has 1 unspecified atom stereocenters. The van der Waals surface area contributed by atoms with E-state index in [1.54, 1.807) is 18.2 Å². The second kappa shape index (κ2) is 6.10. The van der Waals surface area contributed by atoms with E-state index in [0.717, 1.165) is 22.3 Å². The van der Waals surface area contributed by atoms with Crippen LogP contribution in [-0.4, -0.2) is 11.1 Å². The summed E-state index contributed by atoms with van der Waals surface area (Å²) in [5.74, 6) is -1.40. The van der Waals surface area contributed by atoms with Gasteiger partial charge < -0.3 is 5.11 Å². The lowest BCUT2D eigenvalue weighted by molar-refractivity contribution is -0.138. The van der Waals surface area contributed by atoms with Gasteiger partial charge >= 0.3 is 5.97 Å². The van der Waals surface area contributed by atoms with Crippen LogP contribution in [0.5, 0.6) is 0 Å². The van der Waals surface area contributed by atoms with Crippen molar-refractivity contribution in [2.45, 2.75) is 26.2 Å². The van der Waals surface area contributed by atoms with Crippen molar-refractivity contribution in [3.8, 4) is 0 Å². The molecule has 0 spiro atoms. The SMILES string of the molecule is Cc1cc(C)cc(CC(C(=O)O)c2cccc(Cl)c2)c1. The molecule has 2 nitrogen and oxygen atoms in total. The molecular formula is C17H17ClO2. The minimum absolute atomic E-state index is 0.470. The van der Waals surface area contributed by atoms with E-state index in [1.807, 2.05) is 32.0 Å². The zero-order chi connectivity index (χ0) is 14.7. The predicted molar refractivity (Wildman–Crippen MR) is 81.4 cm³/mol. The first-order valence-electron chi connectivity index (χ1n) is 6.51. The summed E-state index contributed by atoms with van der Waals surface area (Å²) >= 11 is 5.95. The van der Waals surface area contributed by atoms with Crippen LogP contribution in [0.15, 0.2) is 42.5 Å². The van der Waals surface area contributed by atoms with E-state index in [9.17, 15) is 9.90 Å². The van der Waals surface area contributed by atoms with Crippen LogP contribution in [0.3, 0.4) is 0 Å². The molecule has 0 saturated heterocycles. The third-order valence-corrected chi connectivity index (χ3v) is 3.51. The van der Waals surface area contributed by atoms with E-state index in [2.05, 4.69) is 6.07 Å². The third-order valence-electron chi connectivity index (χ3n) is 3.27. The normalized spacial score (nSPS) is 12.2. The summed E-state index contributed by atoms with van der Waals surface area (Å²) in [6, 6.07) is 13.2. The van der Waals surface area contributed by atoms with E-state index in [4.69, 9.17) is 11.6 Å². The number of halogens is 1. The molecule has 0 bridgehead atoms. The first kappa shape index (κ1) is 14.6. The Balaban J connectivity index is 2.33. The van der Waals surface area contributed by atoms with Crippen molar-refractivity contribution in [3.63, 3.8) is 0 Å². The number of hydrogen-bond donors (Lipinski definition) is 1. The first-order valence-corrected chi connectivity index (χ1v) is 6.89. The molecule has 0 fully saturated rings. The predicted octanol–water partition coefficient (Wildman–Crippen LogP) is 4.37. The van der Waals surface area contributed by atoms with Gasteiger partial charge in [0.05, 0.1) is 5.92 Å². The lowest BCUT2D eigenvalue weighted by Crippen LogP contribution is -2.14. The molecule has 0 aliphatic carbocycles. The van der Waals surface area contributed by atoms with E-state index in [-0.39, 0.29) is 0 Å². The summed E-state index contributed by atoms with van der Waals surface area (Å²) in [7, 11) is 0. The van der Waals surface area contributed by atoms with Crippen LogP contribution >= 0.6 is 11.6 Å². The molecule has 0 aromatic heterocycles. The fourth-order valence-corrected chi connectivity index (χ4v) is 2.69. The average Bonchev–Trinajstić information content (AvgIpc) is 2.34. The smallest absolute Gasteiger partial charge is 0.311 e. The lowest BCUT2D eigenvalue weighted by atomic mass is 9.91. The summed E-state index contributed by atoms with van der Waals surface area (Å²) in [6.07, 6.45) is 0.470. The first-order chi connectivity index (χ1) is 9.45. The maximum Gasteiger partial charge on any atom is 0.311 e. The van der Waals surface area contributed by atoms with Crippen LogP contribution < -0.4 is 0 Å². The molecular weight excluding hydrogens is 272 g/mol. The van der Waals surface area contributed by atoms with Crippen molar-refractivity contribution < 1.29 is 9.90 Å². The molecule has 1 atom stereocenters.